The van der Waals surface area contributed by atoms with Gasteiger partial charge in [0.05, 0.1) is 17.8 Å². The van der Waals surface area contributed by atoms with E-state index in [9.17, 15) is 9.59 Å². The number of carbonyl (C=O) groups excluding carboxylic acids is 2. The van der Waals surface area contributed by atoms with Crippen molar-refractivity contribution < 1.29 is 9.59 Å². The van der Waals surface area contributed by atoms with Gasteiger partial charge in [0.25, 0.3) is 0 Å². The number of amides is 2. The molecule has 0 bridgehead atoms. The van der Waals surface area contributed by atoms with E-state index in [1.54, 1.807) is 53.5 Å². The lowest BCUT2D eigenvalue weighted by Gasteiger charge is -2.14. The van der Waals surface area contributed by atoms with E-state index in [2.05, 4.69) is 15.4 Å². The summed E-state index contributed by atoms with van der Waals surface area (Å²) in [7, 11) is 1.79. The maximum absolute atomic E-state index is 12.2. The minimum atomic E-state index is -0.356. The minimum Gasteiger partial charge on any atom is -0.326 e. The molecule has 1 aliphatic rings. The average Bonchev–Trinajstić information content (AvgIpc) is 3.06. The monoisotopic (exact) mass is 285 g/mol. The van der Waals surface area contributed by atoms with E-state index in [0.717, 1.165) is 5.69 Å². The molecule has 3 heterocycles. The molecule has 108 valence electrons. The highest BCUT2D eigenvalue weighted by atomic mass is 16.2. The molecule has 0 radical (unpaired) electrons. The van der Waals surface area contributed by atoms with Crippen molar-refractivity contribution in [3.05, 3.63) is 36.9 Å². The van der Waals surface area contributed by atoms with Crippen LogP contribution in [0, 0.1) is 5.92 Å². The van der Waals surface area contributed by atoms with Gasteiger partial charge in [0.2, 0.25) is 11.8 Å². The third-order valence-corrected chi connectivity index (χ3v) is 3.45. The molecule has 0 aromatic carbocycles. The zero-order valence-corrected chi connectivity index (χ0v) is 11.6. The lowest BCUT2D eigenvalue weighted by molar-refractivity contribution is -0.122. The zero-order valence-electron chi connectivity index (χ0n) is 11.6. The van der Waals surface area contributed by atoms with Crippen LogP contribution < -0.4 is 10.2 Å². The van der Waals surface area contributed by atoms with E-state index in [0.29, 0.717) is 12.2 Å². The number of carbonyl (C=O) groups is 2. The van der Waals surface area contributed by atoms with Gasteiger partial charge in [-0.05, 0) is 12.1 Å². The molecule has 2 amide bonds. The molecular formula is C14H15N5O2. The van der Waals surface area contributed by atoms with Gasteiger partial charge in [0, 0.05) is 44.3 Å². The number of anilines is 2. The first-order valence-electron chi connectivity index (χ1n) is 6.63. The molecule has 0 aliphatic carbocycles. The summed E-state index contributed by atoms with van der Waals surface area (Å²) in [6.07, 6.45) is 6.82. The largest absolute Gasteiger partial charge is 0.326 e. The van der Waals surface area contributed by atoms with Crippen LogP contribution in [0.4, 0.5) is 11.4 Å². The molecule has 1 fully saturated rings. The Hall–Kier alpha value is -2.70. The van der Waals surface area contributed by atoms with Gasteiger partial charge in [-0.1, -0.05) is 0 Å². The summed E-state index contributed by atoms with van der Waals surface area (Å²) in [5.74, 6) is -0.565. The van der Waals surface area contributed by atoms with E-state index < -0.39 is 0 Å². The van der Waals surface area contributed by atoms with Crippen LogP contribution in [0.2, 0.25) is 0 Å². The summed E-state index contributed by atoms with van der Waals surface area (Å²) in [4.78, 5) is 29.8. The first-order valence-corrected chi connectivity index (χ1v) is 6.63. The molecule has 3 rings (SSSR count). The van der Waals surface area contributed by atoms with Crippen LogP contribution in [-0.2, 0) is 16.6 Å². The van der Waals surface area contributed by atoms with E-state index in [-0.39, 0.29) is 24.2 Å². The quantitative estimate of drug-likeness (QED) is 0.905. The van der Waals surface area contributed by atoms with Crippen LogP contribution in [0.25, 0.3) is 0 Å². The molecule has 1 aliphatic heterocycles. The number of nitrogens with one attached hydrogen (secondary N) is 1. The third-order valence-electron chi connectivity index (χ3n) is 3.45. The number of rotatable bonds is 3. The van der Waals surface area contributed by atoms with E-state index in [1.807, 2.05) is 0 Å². The summed E-state index contributed by atoms with van der Waals surface area (Å²) < 4.78 is 1.63. The van der Waals surface area contributed by atoms with Gasteiger partial charge in [-0.3, -0.25) is 19.3 Å². The molecule has 2 aromatic heterocycles. The molecule has 0 spiro atoms. The standard InChI is InChI=1S/C14H15N5O2/c1-18-9-12(7-16-18)19-8-10(6-13(19)20)14(21)17-11-2-4-15-5-3-11/h2-5,7,9-10H,6,8H2,1H3,(H,15,17,21). The highest BCUT2D eigenvalue weighted by Gasteiger charge is 2.35. The number of nitrogens with zero attached hydrogens (tertiary/aromatic N) is 4. The first-order chi connectivity index (χ1) is 10.1. The van der Waals surface area contributed by atoms with Gasteiger partial charge < -0.3 is 10.2 Å². The van der Waals surface area contributed by atoms with Gasteiger partial charge in [-0.15, -0.1) is 0 Å². The van der Waals surface area contributed by atoms with E-state index >= 15 is 0 Å². The second-order valence-corrected chi connectivity index (χ2v) is 5.00. The third kappa shape index (κ3) is 2.76. The van der Waals surface area contributed by atoms with Gasteiger partial charge in [0.15, 0.2) is 0 Å². The van der Waals surface area contributed by atoms with Crippen molar-refractivity contribution in [1.82, 2.24) is 14.8 Å². The molecule has 1 saturated heterocycles. The van der Waals surface area contributed by atoms with Gasteiger partial charge in [-0.25, -0.2) is 0 Å². The molecule has 7 nitrogen and oxygen atoms in total. The van der Waals surface area contributed by atoms with Crippen LogP contribution in [0.1, 0.15) is 6.42 Å². The van der Waals surface area contributed by atoms with Crippen LogP contribution in [-0.4, -0.2) is 33.1 Å². The summed E-state index contributed by atoms with van der Waals surface area (Å²) in [6.45, 7) is 0.376. The molecular weight excluding hydrogens is 270 g/mol. The molecule has 21 heavy (non-hydrogen) atoms. The Bertz CT molecular complexity index is 667. The normalized spacial score (nSPS) is 18.0. The Morgan fingerprint density at radius 3 is 2.81 bits per heavy atom. The number of pyridine rings is 1. The van der Waals surface area contributed by atoms with E-state index in [4.69, 9.17) is 0 Å². The Morgan fingerprint density at radius 2 is 2.14 bits per heavy atom. The van der Waals surface area contributed by atoms with Crippen LogP contribution >= 0.6 is 0 Å². The highest BCUT2D eigenvalue weighted by Crippen LogP contribution is 2.25. The number of hydrogen-bond acceptors (Lipinski definition) is 4. The Morgan fingerprint density at radius 1 is 1.38 bits per heavy atom. The Kier molecular flexibility index (Phi) is 3.39. The fourth-order valence-electron chi connectivity index (χ4n) is 2.36. The summed E-state index contributed by atoms with van der Waals surface area (Å²) in [5.41, 5.74) is 1.41. The predicted molar refractivity (Wildman–Crippen MR) is 76.5 cm³/mol. The highest BCUT2D eigenvalue weighted by molar-refractivity contribution is 6.03. The average molecular weight is 285 g/mol. The van der Waals surface area contributed by atoms with Crippen molar-refractivity contribution in [2.45, 2.75) is 6.42 Å². The van der Waals surface area contributed by atoms with Gasteiger partial charge >= 0.3 is 0 Å². The Balaban J connectivity index is 1.68. The topological polar surface area (TPSA) is 80.1 Å². The SMILES string of the molecule is Cn1cc(N2CC(C(=O)Nc3ccncc3)CC2=O)cn1. The van der Waals surface area contributed by atoms with Crippen molar-refractivity contribution in [3.8, 4) is 0 Å². The van der Waals surface area contributed by atoms with Crippen LogP contribution in [0.3, 0.4) is 0 Å². The smallest absolute Gasteiger partial charge is 0.229 e. The predicted octanol–water partition coefficient (Wildman–Crippen LogP) is 0.807. The minimum absolute atomic E-state index is 0.0575. The van der Waals surface area contributed by atoms with Crippen molar-refractivity contribution in [2.75, 3.05) is 16.8 Å². The molecule has 1 atom stereocenters. The van der Waals surface area contributed by atoms with E-state index in [1.165, 1.54) is 0 Å². The second-order valence-electron chi connectivity index (χ2n) is 5.00. The van der Waals surface area contributed by atoms with Crippen molar-refractivity contribution in [1.29, 1.82) is 0 Å². The molecule has 0 saturated carbocycles. The maximum Gasteiger partial charge on any atom is 0.229 e. The molecule has 2 aromatic rings. The van der Waals surface area contributed by atoms with Crippen molar-refractivity contribution >= 4 is 23.2 Å². The van der Waals surface area contributed by atoms with Gasteiger partial charge in [0.1, 0.15) is 0 Å². The fourth-order valence-corrected chi connectivity index (χ4v) is 2.36. The summed E-state index contributed by atoms with van der Waals surface area (Å²) in [5, 5.41) is 6.85. The Labute approximate surface area is 121 Å². The van der Waals surface area contributed by atoms with Crippen LogP contribution in [0.15, 0.2) is 36.9 Å². The summed E-state index contributed by atoms with van der Waals surface area (Å²) in [6, 6.07) is 3.43. The number of aromatic nitrogens is 3. The van der Waals surface area contributed by atoms with Crippen LogP contribution in [0.5, 0.6) is 0 Å². The molecule has 7 heteroatoms. The zero-order chi connectivity index (χ0) is 14.8. The first kappa shape index (κ1) is 13.3. The number of hydrogen-bond donors (Lipinski definition) is 1. The van der Waals surface area contributed by atoms with Gasteiger partial charge in [-0.2, -0.15) is 5.10 Å². The number of aryl methyl sites for hydroxylation is 1. The summed E-state index contributed by atoms with van der Waals surface area (Å²) >= 11 is 0. The van der Waals surface area contributed by atoms with Crippen molar-refractivity contribution in [2.24, 2.45) is 13.0 Å². The second kappa shape index (κ2) is 5.35. The maximum atomic E-state index is 12.2. The molecule has 1 N–H and O–H groups in total. The van der Waals surface area contributed by atoms with Crippen molar-refractivity contribution in [3.63, 3.8) is 0 Å². The lowest BCUT2D eigenvalue weighted by Crippen LogP contribution is -2.27. The lowest BCUT2D eigenvalue weighted by atomic mass is 10.1. The fraction of sp³-hybridized carbons (Fsp3) is 0.286. The molecule has 1 unspecified atom stereocenters.